The number of ether oxygens (including phenoxy) is 1. The zero-order valence-electron chi connectivity index (χ0n) is 15.6. The van der Waals surface area contributed by atoms with Gasteiger partial charge in [-0.15, -0.1) is 11.3 Å². The van der Waals surface area contributed by atoms with Crippen LogP contribution in [0.1, 0.15) is 48.9 Å². The molecule has 1 heterocycles. The third kappa shape index (κ3) is 4.89. The minimum absolute atomic E-state index is 0.274. The Hall–Kier alpha value is -2.34. The third-order valence-electron chi connectivity index (χ3n) is 5.16. The molecule has 1 saturated carbocycles. The average Bonchev–Trinajstić information content (AvgIpc) is 3.22. The van der Waals surface area contributed by atoms with Gasteiger partial charge in [-0.25, -0.2) is 4.79 Å². The van der Waals surface area contributed by atoms with Gasteiger partial charge in [0, 0.05) is 21.7 Å². The number of rotatable bonds is 6. The fourth-order valence-electron chi connectivity index (χ4n) is 3.74. The quantitative estimate of drug-likeness (QED) is 0.575. The topological polar surface area (TPSA) is 81.4 Å². The molecule has 0 radical (unpaired) electrons. The van der Waals surface area contributed by atoms with Gasteiger partial charge < -0.3 is 15.8 Å². The second kappa shape index (κ2) is 9.04. The maximum atomic E-state index is 13.0. The van der Waals surface area contributed by atoms with Gasteiger partial charge in [0.05, 0.1) is 7.11 Å². The van der Waals surface area contributed by atoms with Gasteiger partial charge in [-0.05, 0) is 42.0 Å². The van der Waals surface area contributed by atoms with Gasteiger partial charge in [0.1, 0.15) is 6.04 Å². The number of anilines is 1. The van der Waals surface area contributed by atoms with Gasteiger partial charge in [-0.1, -0.05) is 38.2 Å². The number of benzene rings is 1. The average molecular weight is 387 g/mol. The zero-order chi connectivity index (χ0) is 19.2. The molecule has 5 nitrogen and oxygen atoms in total. The summed E-state index contributed by atoms with van der Waals surface area (Å²) in [4.78, 5) is 26.2. The molecule has 1 amide bonds. The van der Waals surface area contributed by atoms with Gasteiger partial charge in [-0.2, -0.15) is 0 Å². The van der Waals surface area contributed by atoms with Crippen molar-refractivity contribution in [3.8, 4) is 10.4 Å². The summed E-state index contributed by atoms with van der Waals surface area (Å²) < 4.78 is 4.94. The SMILES string of the molecule is COC(=O)C(CC1CCCCC1)NC(=O)c1ccc(N)cc1-c1cccs1. The van der Waals surface area contributed by atoms with Crippen LogP contribution in [0.2, 0.25) is 0 Å². The summed E-state index contributed by atoms with van der Waals surface area (Å²) in [6.45, 7) is 0. The number of carbonyl (C=O) groups excluding carboxylic acids is 2. The fourth-order valence-corrected chi connectivity index (χ4v) is 4.50. The third-order valence-corrected chi connectivity index (χ3v) is 6.06. The minimum atomic E-state index is -0.626. The number of amides is 1. The van der Waals surface area contributed by atoms with E-state index in [9.17, 15) is 9.59 Å². The number of nitrogens with one attached hydrogen (secondary N) is 1. The lowest BCUT2D eigenvalue weighted by Gasteiger charge is -2.26. The molecule has 2 aromatic rings. The summed E-state index contributed by atoms with van der Waals surface area (Å²) in [5.74, 6) is -0.210. The maximum absolute atomic E-state index is 13.0. The van der Waals surface area contributed by atoms with E-state index in [0.717, 1.165) is 23.3 Å². The second-order valence-corrected chi connectivity index (χ2v) is 8.02. The molecule has 6 heteroatoms. The van der Waals surface area contributed by atoms with Crippen LogP contribution < -0.4 is 11.1 Å². The first kappa shape index (κ1) is 19.4. The van der Waals surface area contributed by atoms with E-state index in [2.05, 4.69) is 5.32 Å². The summed E-state index contributed by atoms with van der Waals surface area (Å²) in [7, 11) is 1.36. The Morgan fingerprint density at radius 2 is 2.04 bits per heavy atom. The van der Waals surface area contributed by atoms with Crippen LogP contribution in [0.25, 0.3) is 10.4 Å². The van der Waals surface area contributed by atoms with Crippen molar-refractivity contribution in [2.75, 3.05) is 12.8 Å². The standard InChI is InChI=1S/C21H26N2O3S/c1-26-21(25)18(12-14-6-3-2-4-7-14)23-20(24)16-10-9-15(22)13-17(16)19-8-5-11-27-19/h5,8-11,13-14,18H,2-4,6-7,12,22H2,1H3,(H,23,24). The highest BCUT2D eigenvalue weighted by atomic mass is 32.1. The monoisotopic (exact) mass is 386 g/mol. The molecule has 3 rings (SSSR count). The number of nitrogens with two attached hydrogens (primary N) is 1. The van der Waals surface area contributed by atoms with E-state index in [4.69, 9.17) is 10.5 Å². The van der Waals surface area contributed by atoms with E-state index >= 15 is 0 Å². The van der Waals surface area contributed by atoms with Crippen LogP contribution in [-0.2, 0) is 9.53 Å². The van der Waals surface area contributed by atoms with E-state index < -0.39 is 6.04 Å². The highest BCUT2D eigenvalue weighted by Crippen LogP contribution is 2.31. The number of hydrogen-bond acceptors (Lipinski definition) is 5. The molecule has 1 atom stereocenters. The molecular formula is C21H26N2O3S. The second-order valence-electron chi connectivity index (χ2n) is 7.07. The molecule has 1 aromatic carbocycles. The van der Waals surface area contributed by atoms with Crippen LogP contribution >= 0.6 is 11.3 Å². The number of thiophene rings is 1. The predicted molar refractivity (Wildman–Crippen MR) is 109 cm³/mol. The predicted octanol–water partition coefficient (Wildman–Crippen LogP) is 4.24. The van der Waals surface area contributed by atoms with Crippen LogP contribution in [-0.4, -0.2) is 25.0 Å². The Balaban J connectivity index is 1.80. The number of carbonyl (C=O) groups is 2. The summed E-state index contributed by atoms with van der Waals surface area (Å²) in [5, 5.41) is 4.86. The van der Waals surface area contributed by atoms with Crippen molar-refractivity contribution in [1.82, 2.24) is 5.32 Å². The Labute approximate surface area is 163 Å². The first-order chi connectivity index (χ1) is 13.1. The largest absolute Gasteiger partial charge is 0.467 e. The first-order valence-electron chi connectivity index (χ1n) is 9.40. The van der Waals surface area contributed by atoms with E-state index in [1.807, 2.05) is 17.5 Å². The summed E-state index contributed by atoms with van der Waals surface area (Å²) in [5.41, 5.74) is 7.83. The summed E-state index contributed by atoms with van der Waals surface area (Å²) >= 11 is 1.55. The molecule has 1 aromatic heterocycles. The number of hydrogen-bond donors (Lipinski definition) is 2. The molecule has 3 N–H and O–H groups in total. The summed E-state index contributed by atoms with van der Waals surface area (Å²) in [6, 6.07) is 8.49. The Kier molecular flexibility index (Phi) is 6.50. The number of esters is 1. The lowest BCUT2D eigenvalue weighted by atomic mass is 9.84. The summed E-state index contributed by atoms with van der Waals surface area (Å²) in [6.07, 6.45) is 6.46. The first-order valence-corrected chi connectivity index (χ1v) is 10.3. The molecule has 0 bridgehead atoms. The van der Waals surface area contributed by atoms with Crippen molar-refractivity contribution in [3.05, 3.63) is 41.3 Å². The van der Waals surface area contributed by atoms with E-state index in [-0.39, 0.29) is 11.9 Å². The molecule has 0 saturated heterocycles. The van der Waals surface area contributed by atoms with Gasteiger partial charge in [0.15, 0.2) is 0 Å². The van der Waals surface area contributed by atoms with E-state index in [0.29, 0.717) is 23.6 Å². The lowest BCUT2D eigenvalue weighted by molar-refractivity contribution is -0.143. The molecule has 27 heavy (non-hydrogen) atoms. The molecule has 144 valence electrons. The van der Waals surface area contributed by atoms with Crippen molar-refractivity contribution < 1.29 is 14.3 Å². The van der Waals surface area contributed by atoms with Gasteiger partial charge in [0.25, 0.3) is 5.91 Å². The molecule has 1 aliphatic rings. The van der Waals surface area contributed by atoms with Gasteiger partial charge >= 0.3 is 5.97 Å². The minimum Gasteiger partial charge on any atom is -0.467 e. The molecule has 0 spiro atoms. The van der Waals surface area contributed by atoms with Crippen molar-refractivity contribution in [2.45, 2.75) is 44.6 Å². The van der Waals surface area contributed by atoms with Crippen LogP contribution in [0.3, 0.4) is 0 Å². The number of methoxy groups -OCH3 is 1. The zero-order valence-corrected chi connectivity index (χ0v) is 16.4. The Bertz CT molecular complexity index is 783. The van der Waals surface area contributed by atoms with Crippen LogP contribution in [0.15, 0.2) is 35.7 Å². The Morgan fingerprint density at radius 3 is 2.70 bits per heavy atom. The van der Waals surface area contributed by atoms with Crippen molar-refractivity contribution in [3.63, 3.8) is 0 Å². The fraction of sp³-hybridized carbons (Fsp3) is 0.429. The van der Waals surface area contributed by atoms with E-state index in [1.165, 1.54) is 26.4 Å². The highest BCUT2D eigenvalue weighted by Gasteiger charge is 2.27. The molecule has 1 unspecified atom stereocenters. The van der Waals surface area contributed by atoms with Crippen LogP contribution in [0, 0.1) is 5.92 Å². The van der Waals surface area contributed by atoms with Crippen molar-refractivity contribution in [2.24, 2.45) is 5.92 Å². The number of nitrogen functional groups attached to an aromatic ring is 1. The molecule has 1 aliphatic carbocycles. The van der Waals surface area contributed by atoms with Crippen LogP contribution in [0.4, 0.5) is 5.69 Å². The highest BCUT2D eigenvalue weighted by molar-refractivity contribution is 7.13. The lowest BCUT2D eigenvalue weighted by Crippen LogP contribution is -2.43. The van der Waals surface area contributed by atoms with Crippen LogP contribution in [0.5, 0.6) is 0 Å². The van der Waals surface area contributed by atoms with Crippen molar-refractivity contribution >= 4 is 28.9 Å². The molecule has 0 aliphatic heterocycles. The normalized spacial score (nSPS) is 15.9. The molecular weight excluding hydrogens is 360 g/mol. The van der Waals surface area contributed by atoms with E-state index in [1.54, 1.807) is 29.5 Å². The molecule has 1 fully saturated rings. The smallest absolute Gasteiger partial charge is 0.328 e. The maximum Gasteiger partial charge on any atom is 0.328 e. The van der Waals surface area contributed by atoms with Gasteiger partial charge in [-0.3, -0.25) is 4.79 Å². The van der Waals surface area contributed by atoms with Gasteiger partial charge in [0.2, 0.25) is 0 Å². The van der Waals surface area contributed by atoms with Crippen molar-refractivity contribution in [1.29, 1.82) is 0 Å². The Morgan fingerprint density at radius 1 is 1.26 bits per heavy atom.